The molecule has 0 bridgehead atoms. The number of hydrogen-bond acceptors (Lipinski definition) is 2. The molecule has 0 amide bonds. The SMILES string of the molecule is CC(C)(CI)C(O)OC(C(F)(F)F)C(F)(F)F. The molecule has 0 heterocycles. The zero-order valence-electron chi connectivity index (χ0n) is 8.86. The summed E-state index contributed by atoms with van der Waals surface area (Å²) in [6, 6.07) is 0. The molecule has 1 unspecified atom stereocenters. The third-order valence-electron chi connectivity index (χ3n) is 1.87. The Labute approximate surface area is 107 Å². The topological polar surface area (TPSA) is 29.5 Å². The highest BCUT2D eigenvalue weighted by molar-refractivity contribution is 14.1. The quantitative estimate of drug-likeness (QED) is 0.351. The molecule has 17 heavy (non-hydrogen) atoms. The first-order valence-electron chi connectivity index (χ1n) is 4.35. The summed E-state index contributed by atoms with van der Waals surface area (Å²) >= 11 is 1.73. The van der Waals surface area contributed by atoms with Crippen LogP contribution in [0.3, 0.4) is 0 Å². The minimum atomic E-state index is -5.61. The van der Waals surface area contributed by atoms with Crippen LogP contribution in [0.1, 0.15) is 13.8 Å². The van der Waals surface area contributed by atoms with E-state index < -0.39 is 30.2 Å². The fraction of sp³-hybridized carbons (Fsp3) is 1.00. The summed E-state index contributed by atoms with van der Waals surface area (Å²) < 4.78 is 76.5. The molecule has 0 aliphatic carbocycles. The van der Waals surface area contributed by atoms with E-state index in [9.17, 15) is 31.4 Å². The van der Waals surface area contributed by atoms with Gasteiger partial charge < -0.3 is 9.84 Å². The maximum Gasteiger partial charge on any atom is 0.423 e. The summed E-state index contributed by atoms with van der Waals surface area (Å²) in [5.74, 6) is 0. The van der Waals surface area contributed by atoms with E-state index in [1.54, 1.807) is 22.6 Å². The lowest BCUT2D eigenvalue weighted by molar-refractivity contribution is -0.358. The Morgan fingerprint density at radius 3 is 1.65 bits per heavy atom. The maximum absolute atomic E-state index is 12.1. The molecular weight excluding hydrogens is 369 g/mol. The number of rotatable bonds is 4. The zero-order chi connectivity index (χ0) is 14.1. The van der Waals surface area contributed by atoms with Crippen LogP contribution in [0.5, 0.6) is 0 Å². The lowest BCUT2D eigenvalue weighted by Gasteiger charge is -2.32. The predicted octanol–water partition coefficient (Wildman–Crippen LogP) is 3.28. The van der Waals surface area contributed by atoms with Crippen LogP contribution in [0.4, 0.5) is 26.3 Å². The van der Waals surface area contributed by atoms with Crippen LogP contribution in [-0.2, 0) is 4.74 Å². The Balaban J connectivity index is 4.92. The van der Waals surface area contributed by atoms with Crippen molar-refractivity contribution in [2.45, 2.75) is 38.6 Å². The minimum absolute atomic E-state index is 0.133. The first-order chi connectivity index (χ1) is 7.32. The minimum Gasteiger partial charge on any atom is -0.367 e. The van der Waals surface area contributed by atoms with Gasteiger partial charge in [-0.05, 0) is 0 Å². The van der Waals surface area contributed by atoms with Crippen LogP contribution in [0.2, 0.25) is 0 Å². The van der Waals surface area contributed by atoms with Gasteiger partial charge in [0.1, 0.15) is 0 Å². The summed E-state index contributed by atoms with van der Waals surface area (Å²) in [6.45, 7) is 2.60. The molecule has 0 saturated carbocycles. The Morgan fingerprint density at radius 2 is 1.41 bits per heavy atom. The van der Waals surface area contributed by atoms with Gasteiger partial charge >= 0.3 is 12.4 Å². The fourth-order valence-corrected chi connectivity index (χ4v) is 1.10. The Morgan fingerprint density at radius 1 is 1.06 bits per heavy atom. The van der Waals surface area contributed by atoms with E-state index >= 15 is 0 Å². The molecule has 104 valence electrons. The van der Waals surface area contributed by atoms with Gasteiger partial charge in [-0.25, -0.2) is 0 Å². The lowest BCUT2D eigenvalue weighted by atomic mass is 9.96. The molecule has 0 aliphatic heterocycles. The number of alkyl halides is 7. The number of hydrogen-bond donors (Lipinski definition) is 1. The van der Waals surface area contributed by atoms with Crippen molar-refractivity contribution < 1.29 is 36.2 Å². The standard InChI is InChI=1S/C8H11F6IO2/c1-6(2,3-15)5(16)17-4(7(9,10)11)8(12,13)14/h4-5,16H,3H2,1-2H3. The second kappa shape index (κ2) is 5.47. The zero-order valence-corrected chi connectivity index (χ0v) is 11.0. The monoisotopic (exact) mass is 380 g/mol. The van der Waals surface area contributed by atoms with Crippen molar-refractivity contribution in [3.8, 4) is 0 Å². The Bertz CT molecular complexity index is 235. The van der Waals surface area contributed by atoms with E-state index in [-0.39, 0.29) is 4.43 Å². The highest BCUT2D eigenvalue weighted by atomic mass is 127. The summed E-state index contributed by atoms with van der Waals surface area (Å²) in [4.78, 5) is 0. The van der Waals surface area contributed by atoms with E-state index in [4.69, 9.17) is 0 Å². The molecule has 0 rings (SSSR count). The van der Waals surface area contributed by atoms with Crippen molar-refractivity contribution in [3.05, 3.63) is 0 Å². The largest absolute Gasteiger partial charge is 0.423 e. The molecule has 0 aliphatic rings. The van der Waals surface area contributed by atoms with Crippen molar-refractivity contribution in [1.29, 1.82) is 0 Å². The van der Waals surface area contributed by atoms with Crippen LogP contribution < -0.4 is 0 Å². The molecule has 2 nitrogen and oxygen atoms in total. The van der Waals surface area contributed by atoms with Crippen LogP contribution in [0.25, 0.3) is 0 Å². The first-order valence-corrected chi connectivity index (χ1v) is 5.88. The van der Waals surface area contributed by atoms with Crippen molar-refractivity contribution in [3.63, 3.8) is 0 Å². The van der Waals surface area contributed by atoms with Gasteiger partial charge in [-0.2, -0.15) is 26.3 Å². The van der Waals surface area contributed by atoms with Gasteiger partial charge in [0, 0.05) is 9.84 Å². The molecule has 0 radical (unpaired) electrons. The Kier molecular flexibility index (Phi) is 5.55. The highest BCUT2D eigenvalue weighted by Crippen LogP contribution is 2.38. The van der Waals surface area contributed by atoms with Gasteiger partial charge in [0.15, 0.2) is 6.29 Å². The average molecular weight is 380 g/mol. The lowest BCUT2D eigenvalue weighted by Crippen LogP contribution is -2.49. The first kappa shape index (κ1) is 17.2. The summed E-state index contributed by atoms with van der Waals surface area (Å²) in [5.41, 5.74) is -1.21. The number of aliphatic hydroxyl groups excluding tert-OH is 1. The summed E-state index contributed by atoms with van der Waals surface area (Å²) in [6.07, 6.45) is -17.4. The van der Waals surface area contributed by atoms with E-state index in [1.807, 2.05) is 0 Å². The van der Waals surface area contributed by atoms with Gasteiger partial charge in [0.2, 0.25) is 0 Å². The molecule has 0 spiro atoms. The second-order valence-electron chi connectivity index (χ2n) is 4.07. The third kappa shape index (κ3) is 5.16. The molecule has 1 atom stereocenters. The van der Waals surface area contributed by atoms with Crippen LogP contribution in [0, 0.1) is 5.41 Å². The van der Waals surface area contributed by atoms with E-state index in [2.05, 4.69) is 4.74 Å². The third-order valence-corrected chi connectivity index (χ3v) is 3.84. The Hall–Kier alpha value is 0.230. The fourth-order valence-electron chi connectivity index (χ4n) is 0.719. The van der Waals surface area contributed by atoms with E-state index in [0.29, 0.717) is 0 Å². The van der Waals surface area contributed by atoms with Crippen molar-refractivity contribution in [2.24, 2.45) is 5.41 Å². The molecule has 9 heteroatoms. The molecule has 0 saturated heterocycles. The summed E-state index contributed by atoms with van der Waals surface area (Å²) in [5, 5.41) is 9.25. The normalized spacial score (nSPS) is 16.4. The van der Waals surface area contributed by atoms with E-state index in [0.717, 1.165) is 0 Å². The number of aliphatic hydroxyl groups is 1. The highest BCUT2D eigenvalue weighted by Gasteiger charge is 2.59. The van der Waals surface area contributed by atoms with Gasteiger partial charge in [0.05, 0.1) is 0 Å². The van der Waals surface area contributed by atoms with Gasteiger partial charge in [-0.1, -0.05) is 36.4 Å². The van der Waals surface area contributed by atoms with Crippen LogP contribution >= 0.6 is 22.6 Å². The van der Waals surface area contributed by atoms with Crippen LogP contribution in [0.15, 0.2) is 0 Å². The van der Waals surface area contributed by atoms with Crippen molar-refractivity contribution in [2.75, 3.05) is 4.43 Å². The smallest absolute Gasteiger partial charge is 0.367 e. The molecule has 0 aromatic rings. The predicted molar refractivity (Wildman–Crippen MR) is 55.7 cm³/mol. The maximum atomic E-state index is 12.1. The molecular formula is C8H11F6IO2. The van der Waals surface area contributed by atoms with Crippen molar-refractivity contribution in [1.82, 2.24) is 0 Å². The van der Waals surface area contributed by atoms with Crippen LogP contribution in [-0.4, -0.2) is 34.3 Å². The number of ether oxygens (including phenoxy) is 1. The van der Waals surface area contributed by atoms with Gasteiger partial charge in [-0.15, -0.1) is 0 Å². The van der Waals surface area contributed by atoms with Crippen molar-refractivity contribution >= 4 is 22.6 Å². The average Bonchev–Trinajstić information content (AvgIpc) is 2.09. The molecule has 0 aromatic heterocycles. The summed E-state index contributed by atoms with van der Waals surface area (Å²) in [7, 11) is 0. The van der Waals surface area contributed by atoms with E-state index in [1.165, 1.54) is 13.8 Å². The van der Waals surface area contributed by atoms with Gasteiger partial charge in [0.25, 0.3) is 6.10 Å². The molecule has 0 aromatic carbocycles. The van der Waals surface area contributed by atoms with Gasteiger partial charge in [-0.3, -0.25) is 0 Å². The number of halogens is 7. The molecule has 0 fully saturated rings. The molecule has 1 N–H and O–H groups in total. The second-order valence-corrected chi connectivity index (χ2v) is 4.84.